The highest BCUT2D eigenvalue weighted by Crippen LogP contribution is 2.38. The second-order valence-corrected chi connectivity index (χ2v) is 6.91. The molecule has 0 aromatic rings. The molecule has 1 aliphatic rings. The van der Waals surface area contributed by atoms with Crippen molar-refractivity contribution in [3.63, 3.8) is 0 Å². The van der Waals surface area contributed by atoms with Crippen molar-refractivity contribution in [2.45, 2.75) is 46.0 Å². The first-order valence-electron chi connectivity index (χ1n) is 8.08. The molecular weight excluding hydrogens is 234 g/mol. The first-order chi connectivity index (χ1) is 9.01. The van der Waals surface area contributed by atoms with E-state index < -0.39 is 0 Å². The molecule has 19 heavy (non-hydrogen) atoms. The second kappa shape index (κ2) is 8.23. The van der Waals surface area contributed by atoms with Crippen LogP contribution in [-0.4, -0.2) is 56.6 Å². The summed E-state index contributed by atoms with van der Waals surface area (Å²) in [6.07, 6.45) is 6.65. The van der Waals surface area contributed by atoms with Crippen LogP contribution in [-0.2, 0) is 0 Å². The topological polar surface area (TPSA) is 32.5 Å². The van der Waals surface area contributed by atoms with Crippen molar-refractivity contribution in [1.82, 2.24) is 9.80 Å². The first-order valence-corrected chi connectivity index (χ1v) is 8.08. The van der Waals surface area contributed by atoms with Crippen molar-refractivity contribution < 1.29 is 0 Å². The van der Waals surface area contributed by atoms with Gasteiger partial charge in [-0.05, 0) is 70.9 Å². The molecule has 0 heterocycles. The number of hydrogen-bond acceptors (Lipinski definition) is 3. The minimum Gasteiger partial charge on any atom is -0.330 e. The average Bonchev–Trinajstić information content (AvgIpc) is 2.40. The van der Waals surface area contributed by atoms with Crippen LogP contribution in [0.1, 0.15) is 46.0 Å². The zero-order chi connectivity index (χ0) is 14.3. The summed E-state index contributed by atoms with van der Waals surface area (Å²) in [6.45, 7) is 10.3. The van der Waals surface area contributed by atoms with Gasteiger partial charge in [0.2, 0.25) is 0 Å². The van der Waals surface area contributed by atoms with Crippen LogP contribution >= 0.6 is 0 Å². The van der Waals surface area contributed by atoms with Gasteiger partial charge in [-0.2, -0.15) is 0 Å². The Morgan fingerprint density at radius 2 is 1.79 bits per heavy atom. The number of rotatable bonds is 8. The van der Waals surface area contributed by atoms with Crippen LogP contribution in [0.15, 0.2) is 0 Å². The Kier molecular flexibility index (Phi) is 7.33. The van der Waals surface area contributed by atoms with Crippen molar-refractivity contribution in [1.29, 1.82) is 0 Å². The smallest absolute Gasteiger partial charge is 0.00500 e. The lowest BCUT2D eigenvalue weighted by molar-refractivity contribution is 0.0956. The van der Waals surface area contributed by atoms with E-state index >= 15 is 0 Å². The second-order valence-electron chi connectivity index (χ2n) is 6.91. The predicted molar refractivity (Wildman–Crippen MR) is 84.4 cm³/mol. The van der Waals surface area contributed by atoms with Gasteiger partial charge in [-0.15, -0.1) is 0 Å². The van der Waals surface area contributed by atoms with Crippen LogP contribution in [0, 0.1) is 11.3 Å². The van der Waals surface area contributed by atoms with Gasteiger partial charge >= 0.3 is 0 Å². The van der Waals surface area contributed by atoms with Crippen molar-refractivity contribution in [2.24, 2.45) is 17.1 Å². The van der Waals surface area contributed by atoms with Crippen LogP contribution in [0.5, 0.6) is 0 Å². The molecule has 0 unspecified atom stereocenters. The fourth-order valence-corrected chi connectivity index (χ4v) is 3.24. The van der Waals surface area contributed by atoms with Crippen LogP contribution in [0.25, 0.3) is 0 Å². The van der Waals surface area contributed by atoms with Gasteiger partial charge in [0.25, 0.3) is 0 Å². The molecule has 1 rings (SSSR count). The minimum absolute atomic E-state index is 0.403. The summed E-state index contributed by atoms with van der Waals surface area (Å²) < 4.78 is 0. The minimum atomic E-state index is 0.403. The van der Waals surface area contributed by atoms with Gasteiger partial charge in [0, 0.05) is 6.54 Å². The van der Waals surface area contributed by atoms with Gasteiger partial charge in [0.15, 0.2) is 0 Å². The summed E-state index contributed by atoms with van der Waals surface area (Å²) >= 11 is 0. The molecule has 0 atom stereocenters. The molecule has 3 heteroatoms. The quantitative estimate of drug-likeness (QED) is 0.734. The van der Waals surface area contributed by atoms with Gasteiger partial charge in [-0.1, -0.05) is 26.7 Å². The maximum Gasteiger partial charge on any atom is 0.00500 e. The molecule has 1 fully saturated rings. The van der Waals surface area contributed by atoms with Gasteiger partial charge in [0.1, 0.15) is 0 Å². The van der Waals surface area contributed by atoms with Crippen molar-refractivity contribution in [3.05, 3.63) is 0 Å². The summed E-state index contributed by atoms with van der Waals surface area (Å²) in [6, 6.07) is 0. The molecular formula is C16H35N3. The average molecular weight is 269 g/mol. The highest BCUT2D eigenvalue weighted by Gasteiger charge is 2.34. The van der Waals surface area contributed by atoms with E-state index in [-0.39, 0.29) is 0 Å². The molecule has 1 saturated carbocycles. The van der Waals surface area contributed by atoms with E-state index in [1.54, 1.807) is 0 Å². The zero-order valence-corrected chi connectivity index (χ0v) is 13.6. The molecule has 0 aromatic heterocycles. The molecule has 0 radical (unpaired) electrons. The molecule has 3 nitrogen and oxygen atoms in total. The van der Waals surface area contributed by atoms with Crippen LogP contribution in [0.2, 0.25) is 0 Å². The predicted octanol–water partition coefficient (Wildman–Crippen LogP) is 2.42. The van der Waals surface area contributed by atoms with E-state index in [1.165, 1.54) is 51.7 Å². The SMILES string of the molecule is CCN(CCCN(C)C)CC1(CN)CCC(C)CC1. The fourth-order valence-electron chi connectivity index (χ4n) is 3.24. The maximum atomic E-state index is 6.13. The van der Waals surface area contributed by atoms with Crippen molar-refractivity contribution >= 4 is 0 Å². The van der Waals surface area contributed by atoms with Crippen LogP contribution in [0.4, 0.5) is 0 Å². The zero-order valence-electron chi connectivity index (χ0n) is 13.6. The fraction of sp³-hybridized carbons (Fsp3) is 1.00. The number of nitrogens with zero attached hydrogens (tertiary/aromatic N) is 2. The van der Waals surface area contributed by atoms with E-state index in [9.17, 15) is 0 Å². The summed E-state index contributed by atoms with van der Waals surface area (Å²) in [4.78, 5) is 4.89. The molecule has 0 bridgehead atoms. The Labute approximate surface area is 120 Å². The molecule has 114 valence electrons. The Hall–Kier alpha value is -0.120. The highest BCUT2D eigenvalue weighted by molar-refractivity contribution is 4.88. The van der Waals surface area contributed by atoms with Crippen molar-refractivity contribution in [2.75, 3.05) is 46.8 Å². The Balaban J connectivity index is 2.43. The lowest BCUT2D eigenvalue weighted by Gasteiger charge is -2.42. The summed E-state index contributed by atoms with van der Waals surface area (Å²) in [5, 5.41) is 0. The molecule has 0 aliphatic heterocycles. The number of nitrogens with two attached hydrogens (primary N) is 1. The lowest BCUT2D eigenvalue weighted by Crippen LogP contribution is -2.45. The van der Waals surface area contributed by atoms with Gasteiger partial charge in [0.05, 0.1) is 0 Å². The Morgan fingerprint density at radius 3 is 2.26 bits per heavy atom. The third-order valence-corrected chi connectivity index (χ3v) is 4.85. The maximum absolute atomic E-state index is 6.13. The molecule has 1 aliphatic carbocycles. The van der Waals surface area contributed by atoms with Gasteiger partial charge in [-0.25, -0.2) is 0 Å². The van der Waals surface area contributed by atoms with E-state index in [0.717, 1.165) is 19.0 Å². The largest absolute Gasteiger partial charge is 0.330 e. The first kappa shape index (κ1) is 16.9. The van der Waals surface area contributed by atoms with Gasteiger partial charge < -0.3 is 15.5 Å². The van der Waals surface area contributed by atoms with E-state index in [1.807, 2.05) is 0 Å². The van der Waals surface area contributed by atoms with E-state index in [2.05, 4.69) is 37.7 Å². The normalized spacial score (nSPS) is 28.3. The van der Waals surface area contributed by atoms with E-state index in [4.69, 9.17) is 5.73 Å². The molecule has 2 N–H and O–H groups in total. The van der Waals surface area contributed by atoms with E-state index in [0.29, 0.717) is 5.41 Å². The molecule has 0 amide bonds. The number of hydrogen-bond donors (Lipinski definition) is 1. The summed E-state index contributed by atoms with van der Waals surface area (Å²) in [7, 11) is 4.31. The lowest BCUT2D eigenvalue weighted by atomic mass is 9.70. The third kappa shape index (κ3) is 5.80. The Bertz CT molecular complexity index is 232. The molecule has 0 aromatic carbocycles. The standard InChI is InChI=1S/C16H35N3/c1-5-19(12-6-11-18(3)4)14-16(13-17)9-7-15(2)8-10-16/h15H,5-14,17H2,1-4H3. The van der Waals surface area contributed by atoms with Crippen molar-refractivity contribution in [3.8, 4) is 0 Å². The third-order valence-electron chi connectivity index (χ3n) is 4.85. The summed E-state index contributed by atoms with van der Waals surface area (Å²) in [5.74, 6) is 0.906. The highest BCUT2D eigenvalue weighted by atomic mass is 15.1. The van der Waals surface area contributed by atoms with Gasteiger partial charge in [-0.3, -0.25) is 0 Å². The summed E-state index contributed by atoms with van der Waals surface area (Å²) in [5.41, 5.74) is 6.53. The van der Waals surface area contributed by atoms with Crippen LogP contribution < -0.4 is 5.73 Å². The molecule has 0 saturated heterocycles. The monoisotopic (exact) mass is 269 g/mol. The van der Waals surface area contributed by atoms with Crippen LogP contribution in [0.3, 0.4) is 0 Å². The molecule has 0 spiro atoms. The Morgan fingerprint density at radius 1 is 1.16 bits per heavy atom.